The van der Waals surface area contributed by atoms with Crippen molar-refractivity contribution in [1.82, 2.24) is 10.6 Å². The molecule has 2 amide bonds. The van der Waals surface area contributed by atoms with E-state index in [9.17, 15) is 22.8 Å². The maximum Gasteiger partial charge on any atom is 0.490 e. The number of para-hydroxylation sites is 1. The van der Waals surface area contributed by atoms with E-state index in [1.807, 2.05) is 29.2 Å². The number of amides is 2. The number of hydrogen-bond acceptors (Lipinski definition) is 4. The number of benzene rings is 1. The molecule has 1 aromatic carbocycles. The van der Waals surface area contributed by atoms with Crippen molar-refractivity contribution in [3.05, 3.63) is 42.0 Å². The average molecular weight is 453 g/mol. The molecule has 1 saturated heterocycles. The van der Waals surface area contributed by atoms with Crippen LogP contribution in [0, 0.1) is 5.92 Å². The second kappa shape index (κ2) is 10.2. The van der Waals surface area contributed by atoms with Crippen molar-refractivity contribution in [3.63, 3.8) is 0 Å². The topological polar surface area (TPSA) is 98.7 Å². The molecular formula is C22H26F3N3O4. The van der Waals surface area contributed by atoms with Crippen LogP contribution >= 0.6 is 0 Å². The van der Waals surface area contributed by atoms with Crippen LogP contribution in [0.15, 0.2) is 36.4 Å². The highest BCUT2D eigenvalue weighted by Crippen LogP contribution is 2.34. The molecule has 2 aliphatic heterocycles. The zero-order chi connectivity index (χ0) is 23.3. The minimum Gasteiger partial charge on any atom is -0.475 e. The predicted molar refractivity (Wildman–Crippen MR) is 111 cm³/mol. The largest absolute Gasteiger partial charge is 0.490 e. The van der Waals surface area contributed by atoms with Gasteiger partial charge in [-0.1, -0.05) is 37.1 Å². The van der Waals surface area contributed by atoms with Crippen molar-refractivity contribution in [2.45, 2.75) is 50.4 Å². The Labute approximate surface area is 183 Å². The number of carboxylic acid groups (broad SMARTS) is 1. The molecule has 1 aliphatic carbocycles. The third-order valence-electron chi connectivity index (χ3n) is 5.62. The normalized spacial score (nSPS) is 20.6. The number of aliphatic carboxylic acids is 1. The van der Waals surface area contributed by atoms with Crippen LogP contribution < -0.4 is 15.5 Å². The number of alkyl halides is 3. The number of halogens is 3. The Bertz CT molecular complexity index is 879. The van der Waals surface area contributed by atoms with Crippen LogP contribution in [0.5, 0.6) is 0 Å². The number of carboxylic acids is 1. The highest BCUT2D eigenvalue weighted by atomic mass is 19.4. The Morgan fingerprint density at radius 2 is 1.88 bits per heavy atom. The lowest BCUT2D eigenvalue weighted by molar-refractivity contribution is -0.192. The van der Waals surface area contributed by atoms with Crippen LogP contribution in [0.3, 0.4) is 0 Å². The van der Waals surface area contributed by atoms with E-state index in [1.165, 1.54) is 18.4 Å². The summed E-state index contributed by atoms with van der Waals surface area (Å²) >= 11 is 0. The van der Waals surface area contributed by atoms with Crippen molar-refractivity contribution in [2.24, 2.45) is 5.92 Å². The minimum absolute atomic E-state index is 0.00163. The van der Waals surface area contributed by atoms with E-state index >= 15 is 0 Å². The summed E-state index contributed by atoms with van der Waals surface area (Å²) in [5.74, 6) is -2.01. The van der Waals surface area contributed by atoms with Crippen LogP contribution in [-0.4, -0.2) is 54.2 Å². The van der Waals surface area contributed by atoms with E-state index in [4.69, 9.17) is 9.90 Å². The van der Waals surface area contributed by atoms with Crippen molar-refractivity contribution in [3.8, 4) is 0 Å². The third kappa shape index (κ3) is 6.56. The number of carbonyl (C=O) groups is 3. The summed E-state index contributed by atoms with van der Waals surface area (Å²) in [7, 11) is 0. The summed E-state index contributed by atoms with van der Waals surface area (Å²) < 4.78 is 31.7. The van der Waals surface area contributed by atoms with Crippen LogP contribution in [0.25, 0.3) is 0 Å². The summed E-state index contributed by atoms with van der Waals surface area (Å²) in [6.45, 7) is 1.64. The van der Waals surface area contributed by atoms with Crippen LogP contribution in [-0.2, 0) is 20.8 Å². The Balaban J connectivity index is 0.000000360. The van der Waals surface area contributed by atoms with Gasteiger partial charge < -0.3 is 20.6 Å². The molecule has 0 bridgehead atoms. The first-order valence-corrected chi connectivity index (χ1v) is 10.6. The van der Waals surface area contributed by atoms with Crippen molar-refractivity contribution in [1.29, 1.82) is 0 Å². The summed E-state index contributed by atoms with van der Waals surface area (Å²) in [5, 5.41) is 13.4. The highest BCUT2D eigenvalue weighted by Gasteiger charge is 2.38. The Morgan fingerprint density at radius 1 is 1.22 bits per heavy atom. The highest BCUT2D eigenvalue weighted by molar-refractivity contribution is 6.03. The third-order valence-corrected chi connectivity index (χ3v) is 5.62. The Morgan fingerprint density at radius 3 is 2.44 bits per heavy atom. The molecule has 0 radical (unpaired) electrons. The van der Waals surface area contributed by atoms with E-state index in [0.717, 1.165) is 38.0 Å². The van der Waals surface area contributed by atoms with Gasteiger partial charge in [0.05, 0.1) is 6.04 Å². The van der Waals surface area contributed by atoms with Gasteiger partial charge in [0.15, 0.2) is 0 Å². The smallest absolute Gasteiger partial charge is 0.475 e. The van der Waals surface area contributed by atoms with Gasteiger partial charge in [-0.3, -0.25) is 9.59 Å². The van der Waals surface area contributed by atoms with Gasteiger partial charge in [-0.05, 0) is 43.4 Å². The Hall–Kier alpha value is -2.88. The first kappa shape index (κ1) is 23.8. The molecule has 3 N–H and O–H groups in total. The molecule has 7 nitrogen and oxygen atoms in total. The van der Waals surface area contributed by atoms with E-state index < -0.39 is 12.1 Å². The maximum absolute atomic E-state index is 12.6. The fourth-order valence-electron chi connectivity index (χ4n) is 3.55. The molecule has 174 valence electrons. The lowest BCUT2D eigenvalue weighted by Crippen LogP contribution is -2.54. The number of rotatable bonds is 6. The number of fused-ring (bicyclic) bond motifs is 1. The quantitative estimate of drug-likeness (QED) is 0.575. The van der Waals surface area contributed by atoms with Crippen LogP contribution in [0.1, 0.15) is 31.2 Å². The molecule has 0 spiro atoms. The molecule has 2 fully saturated rings. The van der Waals surface area contributed by atoms with Gasteiger partial charge in [0.25, 0.3) is 5.91 Å². The first-order valence-electron chi connectivity index (χ1n) is 10.6. The second-order valence-electron chi connectivity index (χ2n) is 8.12. The van der Waals surface area contributed by atoms with Crippen molar-refractivity contribution >= 4 is 23.5 Å². The SMILES string of the molecule is O=C(N[C@H](/C=C/C(=O)N1CCc2ccccc21)CC1CC1)[C@@H]1CCN1.O=C(O)C(F)(F)F. The summed E-state index contributed by atoms with van der Waals surface area (Å²) in [6.07, 6.45) is 3.64. The van der Waals surface area contributed by atoms with Crippen LogP contribution in [0.2, 0.25) is 0 Å². The van der Waals surface area contributed by atoms with Crippen molar-refractivity contribution in [2.75, 3.05) is 18.0 Å². The standard InChI is InChI=1S/C20H25N3O2.C2HF3O2/c24-19(23-12-10-15-3-1-2-4-18(15)23)8-7-16(13-14-5-6-14)22-20(25)17-9-11-21-17;3-2(4,5)1(6)7/h1-4,7-8,14,16-17,21H,5-6,9-13H2,(H,22,25);(H,6,7)/b8-7+;/t16-,17+;/m1./s1. The van der Waals surface area contributed by atoms with E-state index in [0.29, 0.717) is 5.92 Å². The predicted octanol–water partition coefficient (Wildman–Crippen LogP) is 2.41. The van der Waals surface area contributed by atoms with E-state index in [-0.39, 0.29) is 23.9 Å². The van der Waals surface area contributed by atoms with Gasteiger partial charge in [0, 0.05) is 24.4 Å². The van der Waals surface area contributed by atoms with Gasteiger partial charge in [-0.25, -0.2) is 4.79 Å². The zero-order valence-corrected chi connectivity index (χ0v) is 17.4. The minimum atomic E-state index is -5.08. The van der Waals surface area contributed by atoms with Gasteiger partial charge in [-0.2, -0.15) is 13.2 Å². The van der Waals surface area contributed by atoms with Gasteiger partial charge in [-0.15, -0.1) is 0 Å². The molecule has 2 heterocycles. The molecule has 4 rings (SSSR count). The molecule has 1 aromatic rings. The summed E-state index contributed by atoms with van der Waals surface area (Å²) in [6, 6.07) is 7.95. The van der Waals surface area contributed by atoms with Gasteiger partial charge in [0.1, 0.15) is 0 Å². The van der Waals surface area contributed by atoms with E-state index in [2.05, 4.69) is 16.7 Å². The zero-order valence-electron chi connectivity index (χ0n) is 17.4. The average Bonchev–Trinajstić information content (AvgIpc) is 3.39. The molecule has 0 unspecified atom stereocenters. The van der Waals surface area contributed by atoms with Gasteiger partial charge in [0.2, 0.25) is 5.91 Å². The number of anilines is 1. The molecule has 1 saturated carbocycles. The molecule has 0 aromatic heterocycles. The molecular weight excluding hydrogens is 427 g/mol. The molecule has 10 heteroatoms. The maximum atomic E-state index is 12.6. The lowest BCUT2D eigenvalue weighted by Gasteiger charge is -2.28. The number of nitrogens with one attached hydrogen (secondary N) is 2. The molecule has 3 aliphatic rings. The second-order valence-corrected chi connectivity index (χ2v) is 8.12. The van der Waals surface area contributed by atoms with Crippen molar-refractivity contribution < 1.29 is 32.7 Å². The number of carbonyl (C=O) groups excluding carboxylic acids is 2. The fourth-order valence-corrected chi connectivity index (χ4v) is 3.55. The molecule has 2 atom stereocenters. The molecule has 32 heavy (non-hydrogen) atoms. The Kier molecular flexibility index (Phi) is 7.55. The fraction of sp³-hybridized carbons (Fsp3) is 0.500. The van der Waals surface area contributed by atoms with Gasteiger partial charge >= 0.3 is 12.1 Å². The lowest BCUT2D eigenvalue weighted by atomic mass is 10.0. The van der Waals surface area contributed by atoms with Crippen LogP contribution in [0.4, 0.5) is 18.9 Å². The van der Waals surface area contributed by atoms with E-state index in [1.54, 1.807) is 6.08 Å². The summed E-state index contributed by atoms with van der Waals surface area (Å²) in [5.41, 5.74) is 2.24. The first-order chi connectivity index (χ1) is 15.1. The monoisotopic (exact) mass is 453 g/mol. The number of hydrogen-bond donors (Lipinski definition) is 3. The summed E-state index contributed by atoms with van der Waals surface area (Å²) in [4.78, 5) is 35.5. The number of nitrogens with zero attached hydrogens (tertiary/aromatic N) is 1.